The normalized spacial score (nSPS) is 11.5. The summed E-state index contributed by atoms with van der Waals surface area (Å²) in [6, 6.07) is 2.63. The van der Waals surface area contributed by atoms with E-state index in [1.165, 1.54) is 0 Å². The standard InChI is InChI=1S/C8H3Cl2F3OS/c9-7(14)5-3-4(8(11,12)13)1-2-6(5)15-10/h1-3H. The highest BCUT2D eigenvalue weighted by atomic mass is 35.7. The number of benzene rings is 1. The third-order valence-corrected chi connectivity index (χ3v) is 2.83. The van der Waals surface area contributed by atoms with Crippen molar-refractivity contribution >= 4 is 38.5 Å². The minimum absolute atomic E-state index is 0.199. The molecule has 0 aliphatic heterocycles. The molecule has 0 bridgehead atoms. The van der Waals surface area contributed by atoms with Gasteiger partial charge in [0.25, 0.3) is 5.24 Å². The fourth-order valence-corrected chi connectivity index (χ4v) is 1.90. The van der Waals surface area contributed by atoms with Gasteiger partial charge in [-0.15, -0.1) is 0 Å². The summed E-state index contributed by atoms with van der Waals surface area (Å²) < 4.78 is 36.8. The van der Waals surface area contributed by atoms with Crippen LogP contribution in [-0.2, 0) is 6.18 Å². The molecule has 0 spiro atoms. The van der Waals surface area contributed by atoms with Crippen LogP contribution in [0.5, 0.6) is 0 Å². The molecule has 1 aromatic carbocycles. The molecule has 0 aliphatic carbocycles. The smallest absolute Gasteiger partial charge is 0.276 e. The van der Waals surface area contributed by atoms with Crippen LogP contribution in [-0.4, -0.2) is 5.24 Å². The first-order valence-corrected chi connectivity index (χ1v) is 5.58. The summed E-state index contributed by atoms with van der Waals surface area (Å²) in [5.41, 5.74) is -1.17. The van der Waals surface area contributed by atoms with E-state index in [1.807, 2.05) is 0 Å². The molecule has 15 heavy (non-hydrogen) atoms. The maximum absolute atomic E-state index is 12.3. The summed E-state index contributed by atoms with van der Waals surface area (Å²) in [5.74, 6) is 0. The fraction of sp³-hybridized carbons (Fsp3) is 0.125. The van der Waals surface area contributed by atoms with Gasteiger partial charge in [0.05, 0.1) is 5.56 Å². The molecule has 0 N–H and O–H groups in total. The van der Waals surface area contributed by atoms with Crippen LogP contribution in [0.3, 0.4) is 0 Å². The van der Waals surface area contributed by atoms with Crippen LogP contribution in [0, 0.1) is 0 Å². The van der Waals surface area contributed by atoms with E-state index in [9.17, 15) is 18.0 Å². The second-order valence-electron chi connectivity index (χ2n) is 2.56. The maximum atomic E-state index is 12.3. The molecule has 0 radical (unpaired) electrons. The maximum Gasteiger partial charge on any atom is 0.416 e. The molecule has 7 heteroatoms. The molecule has 1 aromatic rings. The lowest BCUT2D eigenvalue weighted by molar-refractivity contribution is -0.137. The highest BCUT2D eigenvalue weighted by Crippen LogP contribution is 2.34. The van der Waals surface area contributed by atoms with E-state index in [2.05, 4.69) is 0 Å². The summed E-state index contributed by atoms with van der Waals surface area (Å²) in [5, 5.41) is -0.968. The Morgan fingerprint density at radius 1 is 1.33 bits per heavy atom. The molecule has 0 saturated heterocycles. The molecule has 0 heterocycles. The van der Waals surface area contributed by atoms with Crippen molar-refractivity contribution in [2.75, 3.05) is 0 Å². The van der Waals surface area contributed by atoms with E-state index in [-0.39, 0.29) is 10.5 Å². The number of halogens is 5. The second kappa shape index (κ2) is 4.63. The van der Waals surface area contributed by atoms with Crippen LogP contribution in [0.4, 0.5) is 13.2 Å². The Hall–Kier alpha value is -0.390. The Morgan fingerprint density at radius 3 is 2.33 bits per heavy atom. The van der Waals surface area contributed by atoms with E-state index in [0.717, 1.165) is 12.1 Å². The van der Waals surface area contributed by atoms with Gasteiger partial charge in [0.2, 0.25) is 0 Å². The molecule has 0 aromatic heterocycles. The molecule has 82 valence electrons. The summed E-state index contributed by atoms with van der Waals surface area (Å²) in [6.45, 7) is 0. The Balaban J connectivity index is 3.28. The molecule has 0 saturated carbocycles. The van der Waals surface area contributed by atoms with Crippen LogP contribution in [0.25, 0.3) is 0 Å². The van der Waals surface area contributed by atoms with Gasteiger partial charge in [-0.3, -0.25) is 4.79 Å². The first-order chi connectivity index (χ1) is 6.86. The average molecular weight is 275 g/mol. The van der Waals surface area contributed by atoms with Gasteiger partial charge in [0, 0.05) is 10.5 Å². The molecule has 0 unspecified atom stereocenters. The monoisotopic (exact) mass is 274 g/mol. The van der Waals surface area contributed by atoms with Crippen molar-refractivity contribution in [1.29, 1.82) is 0 Å². The average Bonchev–Trinajstić information content (AvgIpc) is 2.15. The van der Waals surface area contributed by atoms with Crippen molar-refractivity contribution in [1.82, 2.24) is 0 Å². The van der Waals surface area contributed by atoms with Crippen molar-refractivity contribution in [3.63, 3.8) is 0 Å². The second-order valence-corrected chi connectivity index (χ2v) is 3.96. The van der Waals surface area contributed by atoms with E-state index < -0.39 is 17.0 Å². The number of carbonyl (C=O) groups is 1. The van der Waals surface area contributed by atoms with Crippen LogP contribution < -0.4 is 0 Å². The van der Waals surface area contributed by atoms with Gasteiger partial charge in [-0.2, -0.15) is 13.2 Å². The van der Waals surface area contributed by atoms with Crippen molar-refractivity contribution in [2.45, 2.75) is 11.1 Å². The van der Waals surface area contributed by atoms with Gasteiger partial charge in [-0.25, -0.2) is 0 Å². The molecule has 0 fully saturated rings. The van der Waals surface area contributed by atoms with Crippen molar-refractivity contribution in [3.8, 4) is 0 Å². The Kier molecular flexibility index (Phi) is 3.92. The lowest BCUT2D eigenvalue weighted by Gasteiger charge is -2.08. The summed E-state index contributed by atoms with van der Waals surface area (Å²) in [4.78, 5) is 11.0. The quantitative estimate of drug-likeness (QED) is 0.747. The van der Waals surface area contributed by atoms with Crippen LogP contribution in [0.15, 0.2) is 23.1 Å². The molecule has 1 rings (SSSR count). The highest BCUT2D eigenvalue weighted by Gasteiger charge is 2.31. The number of hydrogen-bond donors (Lipinski definition) is 0. The molecule has 0 aliphatic rings. The lowest BCUT2D eigenvalue weighted by atomic mass is 10.1. The number of hydrogen-bond acceptors (Lipinski definition) is 2. The SMILES string of the molecule is O=C(Cl)c1cc(C(F)(F)F)ccc1SCl. The van der Waals surface area contributed by atoms with E-state index in [4.69, 9.17) is 22.3 Å². The Labute approximate surface area is 97.1 Å². The van der Waals surface area contributed by atoms with E-state index >= 15 is 0 Å². The third-order valence-electron chi connectivity index (χ3n) is 1.60. The van der Waals surface area contributed by atoms with Gasteiger partial charge in [-0.05, 0) is 51.5 Å². The topological polar surface area (TPSA) is 17.1 Å². The van der Waals surface area contributed by atoms with Gasteiger partial charge >= 0.3 is 6.18 Å². The van der Waals surface area contributed by atoms with Crippen molar-refractivity contribution in [3.05, 3.63) is 29.3 Å². The fourth-order valence-electron chi connectivity index (χ4n) is 0.927. The highest BCUT2D eigenvalue weighted by molar-refractivity contribution is 8.21. The Morgan fingerprint density at radius 2 is 1.93 bits per heavy atom. The van der Waals surface area contributed by atoms with Crippen molar-refractivity contribution < 1.29 is 18.0 Å². The zero-order valence-corrected chi connectivity index (χ0v) is 9.27. The van der Waals surface area contributed by atoms with Crippen LogP contribution in [0.2, 0.25) is 0 Å². The minimum Gasteiger partial charge on any atom is -0.276 e. The first-order valence-electron chi connectivity index (χ1n) is 3.56. The summed E-state index contributed by atoms with van der Waals surface area (Å²) >= 11 is 5.13. The number of alkyl halides is 3. The molecule has 0 amide bonds. The summed E-state index contributed by atoms with van der Waals surface area (Å²) in [7, 11) is 6.01. The minimum atomic E-state index is -4.50. The van der Waals surface area contributed by atoms with E-state index in [1.54, 1.807) is 0 Å². The number of rotatable bonds is 2. The Bertz CT molecular complexity index is 392. The third kappa shape index (κ3) is 3.03. The first kappa shape index (κ1) is 12.7. The van der Waals surface area contributed by atoms with Gasteiger partial charge in [0.1, 0.15) is 0 Å². The molecule has 0 atom stereocenters. The molecule has 1 nitrogen and oxygen atoms in total. The molecular formula is C8H3Cl2F3OS. The van der Waals surface area contributed by atoms with Crippen LogP contribution >= 0.6 is 33.3 Å². The number of carbonyl (C=O) groups excluding carboxylic acids is 1. The van der Waals surface area contributed by atoms with E-state index in [0.29, 0.717) is 17.0 Å². The molecular weight excluding hydrogens is 272 g/mol. The zero-order valence-electron chi connectivity index (χ0n) is 6.94. The largest absolute Gasteiger partial charge is 0.416 e. The zero-order chi connectivity index (χ0) is 11.6. The van der Waals surface area contributed by atoms with Gasteiger partial charge in [-0.1, -0.05) is 0 Å². The predicted molar refractivity (Wildman–Crippen MR) is 53.3 cm³/mol. The lowest BCUT2D eigenvalue weighted by Crippen LogP contribution is -2.06. The summed E-state index contributed by atoms with van der Waals surface area (Å²) in [6.07, 6.45) is -4.50. The van der Waals surface area contributed by atoms with Gasteiger partial charge < -0.3 is 0 Å². The van der Waals surface area contributed by atoms with Crippen LogP contribution in [0.1, 0.15) is 15.9 Å². The van der Waals surface area contributed by atoms with Crippen molar-refractivity contribution in [2.24, 2.45) is 0 Å². The predicted octanol–water partition coefficient (Wildman–Crippen LogP) is 4.33. The van der Waals surface area contributed by atoms with Gasteiger partial charge in [0.15, 0.2) is 0 Å².